The highest BCUT2D eigenvalue weighted by molar-refractivity contribution is 5.87. The third-order valence-corrected chi connectivity index (χ3v) is 3.07. The molecule has 1 aliphatic rings. The Morgan fingerprint density at radius 1 is 1.32 bits per heavy atom. The molecule has 19 heavy (non-hydrogen) atoms. The monoisotopic (exact) mass is 293 g/mol. The largest absolute Gasteiger partial charge is 0.366 e. The molecule has 1 unspecified atom stereocenters. The summed E-state index contributed by atoms with van der Waals surface area (Å²) < 4.78 is 5.38. The molecular weight excluding hydrogens is 270 g/mol. The Hall–Kier alpha value is -0.850. The molecule has 0 radical (unpaired) electrons. The molecule has 112 valence electrons. The lowest BCUT2D eigenvalue weighted by atomic mass is 10.2. The molecule has 1 aliphatic heterocycles. The lowest BCUT2D eigenvalue weighted by Gasteiger charge is -2.28. The molecule has 1 saturated heterocycles. The van der Waals surface area contributed by atoms with Crippen molar-refractivity contribution in [3.63, 3.8) is 0 Å². The molecule has 0 bridgehead atoms. The molecule has 6 nitrogen and oxygen atoms in total. The Balaban J connectivity index is 0.00000324. The summed E-state index contributed by atoms with van der Waals surface area (Å²) in [6, 6.07) is 0. The number of halogens is 1. The predicted octanol–water partition coefficient (Wildman–Crippen LogP) is -0.277. The van der Waals surface area contributed by atoms with Crippen LogP contribution in [0.15, 0.2) is 0 Å². The number of carbonyl (C=O) groups excluding carboxylic acids is 2. The molecule has 7 heteroatoms. The van der Waals surface area contributed by atoms with E-state index in [2.05, 4.69) is 5.32 Å². The quantitative estimate of drug-likeness (QED) is 0.758. The molecular formula is C12H24ClN3O3. The van der Waals surface area contributed by atoms with Gasteiger partial charge in [0.2, 0.25) is 5.91 Å². The molecule has 0 aromatic heterocycles. The van der Waals surface area contributed by atoms with Crippen molar-refractivity contribution < 1.29 is 14.3 Å². The number of amides is 2. The average Bonchev–Trinajstić information content (AvgIpc) is 2.40. The van der Waals surface area contributed by atoms with Crippen LogP contribution in [0.25, 0.3) is 0 Å². The second-order valence-electron chi connectivity index (χ2n) is 4.32. The van der Waals surface area contributed by atoms with Gasteiger partial charge in [0.25, 0.3) is 5.91 Å². The summed E-state index contributed by atoms with van der Waals surface area (Å²) >= 11 is 0. The standard InChI is InChI=1S/C12H23N3O3.ClH/c1-4-15(5-2)11(16)9-14(3)12(17)10-8-13-6-7-18-10;/h10,13H,4-9H2,1-3H3;1H. The highest BCUT2D eigenvalue weighted by Gasteiger charge is 2.26. The van der Waals surface area contributed by atoms with E-state index in [1.54, 1.807) is 11.9 Å². The summed E-state index contributed by atoms with van der Waals surface area (Å²) in [5.74, 6) is -0.165. The number of nitrogens with zero attached hydrogens (tertiary/aromatic N) is 2. The van der Waals surface area contributed by atoms with Crippen molar-refractivity contribution in [1.29, 1.82) is 0 Å². The summed E-state index contributed by atoms with van der Waals surface area (Å²) in [6.07, 6.45) is -0.465. The molecule has 1 fully saturated rings. The second kappa shape index (κ2) is 9.12. The van der Waals surface area contributed by atoms with Crippen LogP contribution in [0.3, 0.4) is 0 Å². The van der Waals surface area contributed by atoms with Gasteiger partial charge in [-0.2, -0.15) is 0 Å². The minimum atomic E-state index is -0.465. The van der Waals surface area contributed by atoms with Gasteiger partial charge in [-0.15, -0.1) is 12.4 Å². The molecule has 0 spiro atoms. The van der Waals surface area contributed by atoms with Crippen LogP contribution in [-0.4, -0.2) is 74.1 Å². The molecule has 0 saturated carbocycles. The van der Waals surface area contributed by atoms with E-state index < -0.39 is 6.10 Å². The first-order valence-corrected chi connectivity index (χ1v) is 6.45. The van der Waals surface area contributed by atoms with E-state index in [0.29, 0.717) is 26.2 Å². The maximum absolute atomic E-state index is 12.0. The lowest BCUT2D eigenvalue weighted by Crippen LogP contribution is -2.50. The molecule has 1 rings (SSSR count). The summed E-state index contributed by atoms with van der Waals surface area (Å²) in [4.78, 5) is 27.1. The fraction of sp³-hybridized carbons (Fsp3) is 0.833. The number of nitrogens with one attached hydrogen (secondary N) is 1. The third kappa shape index (κ3) is 5.34. The van der Waals surface area contributed by atoms with Crippen molar-refractivity contribution in [1.82, 2.24) is 15.1 Å². The molecule has 1 atom stereocenters. The van der Waals surface area contributed by atoms with Gasteiger partial charge in [0.15, 0.2) is 0 Å². The van der Waals surface area contributed by atoms with Crippen molar-refractivity contribution in [2.45, 2.75) is 20.0 Å². The summed E-state index contributed by atoms with van der Waals surface area (Å²) in [7, 11) is 1.64. The SMILES string of the molecule is CCN(CC)C(=O)CN(C)C(=O)C1CNCCO1.Cl. The highest BCUT2D eigenvalue weighted by atomic mass is 35.5. The fourth-order valence-corrected chi connectivity index (χ4v) is 1.93. The van der Waals surface area contributed by atoms with Gasteiger partial charge in [0, 0.05) is 33.2 Å². The van der Waals surface area contributed by atoms with Crippen LogP contribution in [0, 0.1) is 0 Å². The maximum Gasteiger partial charge on any atom is 0.253 e. The Morgan fingerprint density at radius 3 is 2.42 bits per heavy atom. The zero-order valence-corrected chi connectivity index (χ0v) is 12.7. The maximum atomic E-state index is 12.0. The number of rotatable bonds is 5. The Morgan fingerprint density at radius 2 is 1.95 bits per heavy atom. The minimum absolute atomic E-state index is 0. The van der Waals surface area contributed by atoms with Crippen LogP contribution in [0.4, 0.5) is 0 Å². The number of hydrogen-bond acceptors (Lipinski definition) is 4. The van der Waals surface area contributed by atoms with Crippen molar-refractivity contribution in [2.75, 3.05) is 46.4 Å². The van der Waals surface area contributed by atoms with Gasteiger partial charge in [-0.25, -0.2) is 0 Å². The van der Waals surface area contributed by atoms with E-state index in [1.165, 1.54) is 4.90 Å². The summed E-state index contributed by atoms with van der Waals surface area (Å²) in [5.41, 5.74) is 0. The topological polar surface area (TPSA) is 61.9 Å². The summed E-state index contributed by atoms with van der Waals surface area (Å²) in [5, 5.41) is 3.10. The summed E-state index contributed by atoms with van der Waals surface area (Å²) in [6.45, 7) is 7.12. The van der Waals surface area contributed by atoms with Crippen LogP contribution in [0.2, 0.25) is 0 Å². The second-order valence-corrected chi connectivity index (χ2v) is 4.32. The fourth-order valence-electron chi connectivity index (χ4n) is 1.93. The Kier molecular flexibility index (Phi) is 8.71. The first kappa shape index (κ1) is 18.1. The smallest absolute Gasteiger partial charge is 0.253 e. The molecule has 2 amide bonds. The van der Waals surface area contributed by atoms with Crippen LogP contribution < -0.4 is 5.32 Å². The first-order chi connectivity index (χ1) is 8.60. The van der Waals surface area contributed by atoms with Crippen LogP contribution >= 0.6 is 12.4 Å². The van der Waals surface area contributed by atoms with Crippen LogP contribution in [-0.2, 0) is 14.3 Å². The lowest BCUT2D eigenvalue weighted by molar-refractivity contribution is -0.148. The zero-order chi connectivity index (χ0) is 13.5. The number of hydrogen-bond donors (Lipinski definition) is 1. The minimum Gasteiger partial charge on any atom is -0.366 e. The van der Waals surface area contributed by atoms with E-state index in [9.17, 15) is 9.59 Å². The Bertz CT molecular complexity index is 292. The van der Waals surface area contributed by atoms with Gasteiger partial charge in [-0.3, -0.25) is 9.59 Å². The van der Waals surface area contributed by atoms with Crippen molar-refractivity contribution in [3.8, 4) is 0 Å². The number of ether oxygens (including phenoxy) is 1. The Labute approximate surface area is 120 Å². The van der Waals surface area contributed by atoms with Crippen LogP contribution in [0.1, 0.15) is 13.8 Å². The van der Waals surface area contributed by atoms with Crippen molar-refractivity contribution >= 4 is 24.2 Å². The highest BCUT2D eigenvalue weighted by Crippen LogP contribution is 2.02. The van der Waals surface area contributed by atoms with Gasteiger partial charge >= 0.3 is 0 Å². The van der Waals surface area contributed by atoms with E-state index >= 15 is 0 Å². The van der Waals surface area contributed by atoms with Crippen molar-refractivity contribution in [2.24, 2.45) is 0 Å². The van der Waals surface area contributed by atoms with Gasteiger partial charge in [0.1, 0.15) is 6.10 Å². The zero-order valence-electron chi connectivity index (χ0n) is 11.8. The van der Waals surface area contributed by atoms with Crippen molar-refractivity contribution in [3.05, 3.63) is 0 Å². The van der Waals surface area contributed by atoms with E-state index in [-0.39, 0.29) is 30.8 Å². The molecule has 0 aromatic rings. The molecule has 0 aliphatic carbocycles. The van der Waals surface area contributed by atoms with Gasteiger partial charge in [-0.05, 0) is 13.8 Å². The van der Waals surface area contributed by atoms with Gasteiger partial charge in [-0.1, -0.05) is 0 Å². The molecule has 1 N–H and O–H groups in total. The number of carbonyl (C=O) groups is 2. The average molecular weight is 294 g/mol. The predicted molar refractivity (Wildman–Crippen MR) is 75.4 cm³/mol. The molecule has 1 heterocycles. The third-order valence-electron chi connectivity index (χ3n) is 3.07. The van der Waals surface area contributed by atoms with Gasteiger partial charge in [0.05, 0.1) is 13.2 Å². The van der Waals surface area contributed by atoms with Crippen LogP contribution in [0.5, 0.6) is 0 Å². The van der Waals surface area contributed by atoms with Gasteiger partial charge < -0.3 is 19.9 Å². The number of likely N-dealkylation sites (N-methyl/N-ethyl adjacent to an activating group) is 2. The molecule has 0 aromatic carbocycles. The first-order valence-electron chi connectivity index (χ1n) is 6.45. The van der Waals surface area contributed by atoms with E-state index in [1.807, 2.05) is 13.8 Å². The van der Waals surface area contributed by atoms with E-state index in [0.717, 1.165) is 6.54 Å². The van der Waals surface area contributed by atoms with E-state index in [4.69, 9.17) is 4.74 Å². The normalized spacial score (nSPS) is 18.4. The number of morpholine rings is 1.